The number of rotatable bonds is 1. The number of hydrogen-bond acceptors (Lipinski definition) is 1. The zero-order valence-corrected chi connectivity index (χ0v) is 9.31. The topological polar surface area (TPSA) is 26.0 Å². The quantitative estimate of drug-likeness (QED) is 0.839. The number of hydrogen-bond donors (Lipinski definition) is 1. The molecule has 0 saturated carbocycles. The summed E-state index contributed by atoms with van der Waals surface area (Å²) >= 11 is 6.82. The maximum absolute atomic E-state index is 5.73. The van der Waals surface area contributed by atoms with Crippen molar-refractivity contribution in [1.82, 2.24) is 0 Å². The van der Waals surface area contributed by atoms with Gasteiger partial charge in [-0.1, -0.05) is 31.9 Å². The Kier molecular flexibility index (Phi) is 3.10. The first kappa shape index (κ1) is 9.23. The maximum Gasteiger partial charge on any atom is 0.0277 e. The standard InChI is InChI=1S/C8H9Br2N/c1-5(11)7-4-6(9)2-3-8(7)10/h2-5H,11H2,1H3. The van der Waals surface area contributed by atoms with Gasteiger partial charge in [-0.05, 0) is 30.7 Å². The Hall–Kier alpha value is 0.140. The van der Waals surface area contributed by atoms with Gasteiger partial charge in [0.25, 0.3) is 0 Å². The lowest BCUT2D eigenvalue weighted by molar-refractivity contribution is 0.812. The van der Waals surface area contributed by atoms with Gasteiger partial charge in [-0.3, -0.25) is 0 Å². The molecule has 0 aliphatic carbocycles. The van der Waals surface area contributed by atoms with E-state index in [1.165, 1.54) is 0 Å². The Labute approximate surface area is 83.2 Å². The Morgan fingerprint density at radius 2 is 2.00 bits per heavy atom. The molecule has 1 atom stereocenters. The highest BCUT2D eigenvalue weighted by atomic mass is 79.9. The summed E-state index contributed by atoms with van der Waals surface area (Å²) in [4.78, 5) is 0. The van der Waals surface area contributed by atoms with Gasteiger partial charge >= 0.3 is 0 Å². The van der Waals surface area contributed by atoms with Crippen molar-refractivity contribution in [2.24, 2.45) is 5.73 Å². The molecule has 3 heteroatoms. The lowest BCUT2D eigenvalue weighted by atomic mass is 10.1. The van der Waals surface area contributed by atoms with Crippen LogP contribution in [-0.2, 0) is 0 Å². The molecule has 0 heterocycles. The molecule has 2 N–H and O–H groups in total. The molecule has 0 fully saturated rings. The Morgan fingerprint density at radius 3 is 2.45 bits per heavy atom. The second kappa shape index (κ2) is 3.70. The van der Waals surface area contributed by atoms with Crippen LogP contribution in [0.15, 0.2) is 27.1 Å². The maximum atomic E-state index is 5.73. The third-order valence-electron chi connectivity index (χ3n) is 1.45. The van der Waals surface area contributed by atoms with Gasteiger partial charge in [0.2, 0.25) is 0 Å². The molecule has 0 spiro atoms. The van der Waals surface area contributed by atoms with Gasteiger partial charge in [-0.2, -0.15) is 0 Å². The third kappa shape index (κ3) is 2.29. The van der Waals surface area contributed by atoms with E-state index in [1.807, 2.05) is 25.1 Å². The van der Waals surface area contributed by atoms with E-state index in [0.717, 1.165) is 14.5 Å². The van der Waals surface area contributed by atoms with Crippen LogP contribution in [0.2, 0.25) is 0 Å². The fraction of sp³-hybridized carbons (Fsp3) is 0.250. The summed E-state index contributed by atoms with van der Waals surface area (Å²) in [6, 6.07) is 6.06. The molecule has 1 aromatic rings. The SMILES string of the molecule is CC(N)c1cc(Br)ccc1Br. The molecule has 0 bridgehead atoms. The first-order valence-electron chi connectivity index (χ1n) is 3.32. The number of halogens is 2. The van der Waals surface area contributed by atoms with E-state index in [0.29, 0.717) is 0 Å². The van der Waals surface area contributed by atoms with Crippen molar-refractivity contribution in [3.63, 3.8) is 0 Å². The molecular weight excluding hydrogens is 270 g/mol. The highest BCUT2D eigenvalue weighted by Crippen LogP contribution is 2.25. The van der Waals surface area contributed by atoms with Gasteiger partial charge in [0.1, 0.15) is 0 Å². The summed E-state index contributed by atoms with van der Waals surface area (Å²) in [7, 11) is 0. The molecule has 0 aromatic heterocycles. The van der Waals surface area contributed by atoms with Crippen molar-refractivity contribution in [2.45, 2.75) is 13.0 Å². The zero-order chi connectivity index (χ0) is 8.43. The summed E-state index contributed by atoms with van der Waals surface area (Å²) < 4.78 is 2.13. The molecule has 0 saturated heterocycles. The molecule has 1 unspecified atom stereocenters. The Balaban J connectivity index is 3.13. The van der Waals surface area contributed by atoms with Crippen LogP contribution in [0.4, 0.5) is 0 Å². The van der Waals surface area contributed by atoms with E-state index in [4.69, 9.17) is 5.73 Å². The van der Waals surface area contributed by atoms with Crippen molar-refractivity contribution in [3.05, 3.63) is 32.7 Å². The van der Waals surface area contributed by atoms with E-state index in [-0.39, 0.29) is 6.04 Å². The van der Waals surface area contributed by atoms with Crippen molar-refractivity contribution in [3.8, 4) is 0 Å². The molecule has 1 aromatic carbocycles. The predicted octanol–water partition coefficient (Wildman–Crippen LogP) is 3.23. The summed E-state index contributed by atoms with van der Waals surface area (Å²) in [5, 5.41) is 0. The lowest BCUT2D eigenvalue weighted by Gasteiger charge is -2.07. The van der Waals surface area contributed by atoms with Crippen LogP contribution in [0.5, 0.6) is 0 Å². The molecule has 60 valence electrons. The second-order valence-corrected chi connectivity index (χ2v) is 4.22. The van der Waals surface area contributed by atoms with Crippen LogP contribution in [0.25, 0.3) is 0 Å². The first-order valence-corrected chi connectivity index (χ1v) is 4.90. The minimum atomic E-state index is 0.0712. The molecule has 0 aliphatic heterocycles. The molecule has 1 nitrogen and oxygen atoms in total. The van der Waals surface area contributed by atoms with E-state index >= 15 is 0 Å². The highest BCUT2D eigenvalue weighted by Gasteiger charge is 2.03. The predicted molar refractivity (Wildman–Crippen MR) is 54.4 cm³/mol. The van der Waals surface area contributed by atoms with E-state index in [9.17, 15) is 0 Å². The number of benzene rings is 1. The van der Waals surface area contributed by atoms with E-state index in [1.54, 1.807) is 0 Å². The van der Waals surface area contributed by atoms with E-state index < -0.39 is 0 Å². The van der Waals surface area contributed by atoms with Gasteiger partial charge in [-0.25, -0.2) is 0 Å². The monoisotopic (exact) mass is 277 g/mol. The molecule has 0 radical (unpaired) electrons. The van der Waals surface area contributed by atoms with Gasteiger partial charge in [0, 0.05) is 15.0 Å². The average molecular weight is 279 g/mol. The fourth-order valence-electron chi connectivity index (χ4n) is 0.864. The summed E-state index contributed by atoms with van der Waals surface area (Å²) in [6.07, 6.45) is 0. The summed E-state index contributed by atoms with van der Waals surface area (Å²) in [5.41, 5.74) is 6.86. The van der Waals surface area contributed by atoms with Crippen molar-refractivity contribution in [1.29, 1.82) is 0 Å². The largest absolute Gasteiger partial charge is 0.324 e. The highest BCUT2D eigenvalue weighted by molar-refractivity contribution is 9.11. The second-order valence-electron chi connectivity index (χ2n) is 2.45. The zero-order valence-electron chi connectivity index (χ0n) is 6.14. The number of nitrogens with two attached hydrogens (primary N) is 1. The van der Waals surface area contributed by atoms with Crippen LogP contribution in [0.1, 0.15) is 18.5 Å². The van der Waals surface area contributed by atoms with Crippen molar-refractivity contribution < 1.29 is 0 Å². The average Bonchev–Trinajstić information content (AvgIpc) is 1.94. The first-order chi connectivity index (χ1) is 5.11. The van der Waals surface area contributed by atoms with Crippen molar-refractivity contribution in [2.75, 3.05) is 0 Å². The minimum Gasteiger partial charge on any atom is -0.324 e. The summed E-state index contributed by atoms with van der Waals surface area (Å²) in [6.45, 7) is 1.96. The van der Waals surface area contributed by atoms with Gasteiger partial charge in [0.15, 0.2) is 0 Å². The summed E-state index contributed by atoms with van der Waals surface area (Å²) in [5.74, 6) is 0. The van der Waals surface area contributed by atoms with Crippen LogP contribution in [-0.4, -0.2) is 0 Å². The Morgan fingerprint density at radius 1 is 1.36 bits per heavy atom. The minimum absolute atomic E-state index is 0.0712. The van der Waals surface area contributed by atoms with Crippen LogP contribution in [0.3, 0.4) is 0 Å². The van der Waals surface area contributed by atoms with Gasteiger partial charge in [-0.15, -0.1) is 0 Å². The third-order valence-corrected chi connectivity index (χ3v) is 2.66. The molecule has 1 rings (SSSR count). The molecular formula is C8H9Br2N. The molecule has 0 aliphatic rings. The Bertz CT molecular complexity index is 258. The lowest BCUT2D eigenvalue weighted by Crippen LogP contribution is -2.05. The smallest absolute Gasteiger partial charge is 0.0277 e. The van der Waals surface area contributed by atoms with E-state index in [2.05, 4.69) is 31.9 Å². The van der Waals surface area contributed by atoms with Crippen LogP contribution in [0, 0.1) is 0 Å². The van der Waals surface area contributed by atoms with Gasteiger partial charge < -0.3 is 5.73 Å². The fourth-order valence-corrected chi connectivity index (χ4v) is 1.85. The normalized spacial score (nSPS) is 13.1. The van der Waals surface area contributed by atoms with Crippen LogP contribution < -0.4 is 5.73 Å². The molecule has 0 amide bonds. The van der Waals surface area contributed by atoms with Gasteiger partial charge in [0.05, 0.1) is 0 Å². The molecule has 11 heavy (non-hydrogen) atoms. The van der Waals surface area contributed by atoms with Crippen LogP contribution >= 0.6 is 31.9 Å². The van der Waals surface area contributed by atoms with Crippen molar-refractivity contribution >= 4 is 31.9 Å².